The van der Waals surface area contributed by atoms with Crippen LogP contribution in [0.5, 0.6) is 17.2 Å². The second-order valence-corrected chi connectivity index (χ2v) is 7.12. The van der Waals surface area contributed by atoms with E-state index >= 15 is 0 Å². The van der Waals surface area contributed by atoms with Gasteiger partial charge in [-0.15, -0.1) is 0 Å². The highest BCUT2D eigenvalue weighted by molar-refractivity contribution is 6.04. The number of benzene rings is 1. The van der Waals surface area contributed by atoms with Gasteiger partial charge in [0.1, 0.15) is 5.82 Å². The number of anilines is 1. The van der Waals surface area contributed by atoms with Gasteiger partial charge in [-0.05, 0) is 38.3 Å². The van der Waals surface area contributed by atoms with Crippen molar-refractivity contribution in [1.82, 2.24) is 19.7 Å². The second-order valence-electron chi connectivity index (χ2n) is 7.12. The van der Waals surface area contributed by atoms with Crippen LogP contribution in [0.1, 0.15) is 33.7 Å². The van der Waals surface area contributed by atoms with Crippen LogP contribution in [0.25, 0.3) is 5.95 Å². The number of fused-ring (bicyclic) bond motifs is 1. The highest BCUT2D eigenvalue weighted by Crippen LogP contribution is 2.38. The van der Waals surface area contributed by atoms with Crippen molar-refractivity contribution in [2.24, 2.45) is 0 Å². The molecule has 2 heterocycles. The van der Waals surface area contributed by atoms with E-state index in [0.29, 0.717) is 34.3 Å². The van der Waals surface area contributed by atoms with Crippen LogP contribution in [0.3, 0.4) is 0 Å². The van der Waals surface area contributed by atoms with Gasteiger partial charge in [-0.25, -0.2) is 4.98 Å². The average molecular weight is 425 g/mol. The number of hydrogen-bond acceptors (Lipinski definition) is 7. The van der Waals surface area contributed by atoms with Gasteiger partial charge in [0.2, 0.25) is 11.7 Å². The molecule has 0 saturated heterocycles. The Labute approximate surface area is 178 Å². The highest BCUT2D eigenvalue weighted by Gasteiger charge is 2.21. The van der Waals surface area contributed by atoms with Gasteiger partial charge in [0.15, 0.2) is 11.5 Å². The first-order chi connectivity index (χ1) is 14.9. The lowest BCUT2D eigenvalue weighted by molar-refractivity contribution is 0.102. The summed E-state index contributed by atoms with van der Waals surface area (Å²) >= 11 is 0. The lowest BCUT2D eigenvalue weighted by Gasteiger charge is -2.14. The van der Waals surface area contributed by atoms with Crippen molar-refractivity contribution in [3.63, 3.8) is 0 Å². The average Bonchev–Trinajstić information content (AvgIpc) is 3.39. The number of carbonyl (C=O) groups excluding carboxylic acids is 1. The maximum atomic E-state index is 13.0. The highest BCUT2D eigenvalue weighted by atomic mass is 16.5. The van der Waals surface area contributed by atoms with E-state index in [1.165, 1.54) is 26.0 Å². The summed E-state index contributed by atoms with van der Waals surface area (Å²) < 4.78 is 17.4. The lowest BCUT2D eigenvalue weighted by atomic mass is 10.1. The molecule has 1 aliphatic carbocycles. The standard InChI is InChI=1S/C21H23N5O5/c1-11-8-17(26(25-11)21-22-14-7-5-6-13(14)20(28)24-21)23-19(27)12-9-15(29-2)18(31-4)16(10-12)30-3/h8-10H,5-7H2,1-4H3,(H,23,27)(H,22,24,28). The quantitative estimate of drug-likeness (QED) is 0.620. The zero-order valence-electron chi connectivity index (χ0n) is 17.7. The fraction of sp³-hybridized carbons (Fsp3) is 0.333. The molecular formula is C21H23N5O5. The molecule has 0 fully saturated rings. The molecule has 1 amide bonds. The third kappa shape index (κ3) is 3.72. The first kappa shape index (κ1) is 20.5. The molecule has 162 valence electrons. The van der Waals surface area contributed by atoms with Crippen LogP contribution < -0.4 is 25.1 Å². The SMILES string of the molecule is COc1cc(C(=O)Nc2cc(C)nn2-c2nc3c(c(=O)[nH]2)CCC3)cc(OC)c1OC. The van der Waals surface area contributed by atoms with E-state index in [2.05, 4.69) is 20.4 Å². The molecule has 10 heteroatoms. The molecule has 4 rings (SSSR count). The monoisotopic (exact) mass is 425 g/mol. The third-order valence-electron chi connectivity index (χ3n) is 5.13. The van der Waals surface area contributed by atoms with Crippen LogP contribution in [-0.4, -0.2) is 47.0 Å². The smallest absolute Gasteiger partial charge is 0.257 e. The maximum absolute atomic E-state index is 13.0. The number of amides is 1. The number of aromatic amines is 1. The normalized spacial score (nSPS) is 12.4. The molecule has 0 unspecified atom stereocenters. The summed E-state index contributed by atoms with van der Waals surface area (Å²) in [5.74, 6) is 1.34. The number of hydrogen-bond donors (Lipinski definition) is 2. The number of rotatable bonds is 6. The van der Waals surface area contributed by atoms with Crippen LogP contribution in [0, 0.1) is 6.92 Å². The molecule has 0 atom stereocenters. The number of H-pyrrole nitrogens is 1. The van der Waals surface area contributed by atoms with E-state index < -0.39 is 5.91 Å². The van der Waals surface area contributed by atoms with Crippen LogP contribution in [0.4, 0.5) is 5.82 Å². The van der Waals surface area contributed by atoms with Crippen LogP contribution in [-0.2, 0) is 12.8 Å². The Hall–Kier alpha value is -3.82. The Kier molecular flexibility index (Phi) is 5.37. The Bertz CT molecular complexity index is 1190. The van der Waals surface area contributed by atoms with Gasteiger partial charge < -0.3 is 19.5 Å². The van der Waals surface area contributed by atoms with Gasteiger partial charge in [0, 0.05) is 17.2 Å². The molecule has 2 N–H and O–H groups in total. The van der Waals surface area contributed by atoms with Crippen molar-refractivity contribution in [1.29, 1.82) is 0 Å². The fourth-order valence-electron chi connectivity index (χ4n) is 3.68. The van der Waals surface area contributed by atoms with Crippen LogP contribution >= 0.6 is 0 Å². The van der Waals surface area contributed by atoms with E-state index in [4.69, 9.17) is 14.2 Å². The molecule has 0 saturated carbocycles. The number of nitrogens with one attached hydrogen (secondary N) is 2. The van der Waals surface area contributed by atoms with Gasteiger partial charge >= 0.3 is 0 Å². The molecule has 10 nitrogen and oxygen atoms in total. The van der Waals surface area contributed by atoms with Crippen LogP contribution in [0.2, 0.25) is 0 Å². The number of aromatic nitrogens is 4. The van der Waals surface area contributed by atoms with E-state index in [1.54, 1.807) is 25.1 Å². The van der Waals surface area contributed by atoms with Crippen molar-refractivity contribution in [3.8, 4) is 23.2 Å². The van der Waals surface area contributed by atoms with Crippen molar-refractivity contribution >= 4 is 11.7 Å². The number of methoxy groups -OCH3 is 3. The molecule has 1 aliphatic rings. The van der Waals surface area contributed by atoms with E-state index in [-0.39, 0.29) is 11.5 Å². The molecule has 1 aromatic carbocycles. The van der Waals surface area contributed by atoms with E-state index in [9.17, 15) is 9.59 Å². The van der Waals surface area contributed by atoms with Crippen molar-refractivity contribution < 1.29 is 19.0 Å². The van der Waals surface area contributed by atoms with E-state index in [0.717, 1.165) is 30.5 Å². The Morgan fingerprint density at radius 1 is 1.10 bits per heavy atom. The topological polar surface area (TPSA) is 120 Å². The molecule has 0 bridgehead atoms. The summed E-state index contributed by atoms with van der Waals surface area (Å²) in [6.07, 6.45) is 2.37. The summed E-state index contributed by atoms with van der Waals surface area (Å²) in [5.41, 5.74) is 2.27. The largest absolute Gasteiger partial charge is 0.493 e. The summed E-state index contributed by atoms with van der Waals surface area (Å²) in [6.45, 7) is 1.79. The van der Waals surface area contributed by atoms with Crippen molar-refractivity contribution in [3.05, 3.63) is 51.1 Å². The lowest BCUT2D eigenvalue weighted by Crippen LogP contribution is -2.21. The molecule has 0 radical (unpaired) electrons. The Morgan fingerprint density at radius 2 is 1.81 bits per heavy atom. The predicted molar refractivity (Wildman–Crippen MR) is 113 cm³/mol. The summed E-state index contributed by atoms with van der Waals surface area (Å²) in [7, 11) is 4.45. The van der Waals surface area contributed by atoms with Gasteiger partial charge in [-0.3, -0.25) is 14.6 Å². The zero-order valence-corrected chi connectivity index (χ0v) is 17.7. The molecule has 3 aromatic rings. The minimum atomic E-state index is -0.413. The fourth-order valence-corrected chi connectivity index (χ4v) is 3.68. The van der Waals surface area contributed by atoms with Crippen molar-refractivity contribution in [2.75, 3.05) is 26.6 Å². The van der Waals surface area contributed by atoms with Gasteiger partial charge in [-0.2, -0.15) is 9.78 Å². The number of aryl methyl sites for hydroxylation is 2. The Balaban J connectivity index is 1.70. The van der Waals surface area contributed by atoms with Gasteiger partial charge in [0.25, 0.3) is 11.5 Å². The molecule has 0 spiro atoms. The molecule has 31 heavy (non-hydrogen) atoms. The number of ether oxygens (including phenoxy) is 3. The molecule has 2 aromatic heterocycles. The van der Waals surface area contributed by atoms with Crippen molar-refractivity contribution in [2.45, 2.75) is 26.2 Å². The second kappa shape index (κ2) is 8.13. The third-order valence-corrected chi connectivity index (χ3v) is 5.13. The van der Waals surface area contributed by atoms with Gasteiger partial charge in [-0.1, -0.05) is 0 Å². The minimum Gasteiger partial charge on any atom is -0.493 e. The van der Waals surface area contributed by atoms with Crippen LogP contribution in [0.15, 0.2) is 23.0 Å². The summed E-state index contributed by atoms with van der Waals surface area (Å²) in [5, 5.41) is 7.21. The number of carbonyl (C=O) groups is 1. The maximum Gasteiger partial charge on any atom is 0.257 e. The first-order valence-corrected chi connectivity index (χ1v) is 9.75. The number of nitrogens with zero attached hydrogens (tertiary/aromatic N) is 3. The van der Waals surface area contributed by atoms with Gasteiger partial charge in [0.05, 0.1) is 32.7 Å². The first-order valence-electron chi connectivity index (χ1n) is 9.75. The minimum absolute atomic E-state index is 0.174. The summed E-state index contributed by atoms with van der Waals surface area (Å²) in [4.78, 5) is 32.7. The molecule has 0 aliphatic heterocycles. The zero-order chi connectivity index (χ0) is 22.1. The molecular weight excluding hydrogens is 402 g/mol. The summed E-state index contributed by atoms with van der Waals surface area (Å²) in [6, 6.07) is 4.81. The van der Waals surface area contributed by atoms with E-state index in [1.807, 2.05) is 0 Å². The Morgan fingerprint density at radius 3 is 2.45 bits per heavy atom. The predicted octanol–water partition coefficient (Wildman–Crippen LogP) is 2.03.